The van der Waals surface area contributed by atoms with Crippen LogP contribution in [0.1, 0.15) is 44.2 Å². The van der Waals surface area contributed by atoms with Crippen molar-refractivity contribution in [3.63, 3.8) is 0 Å². The summed E-state index contributed by atoms with van der Waals surface area (Å²) in [6, 6.07) is 7.61. The van der Waals surface area contributed by atoms with E-state index in [0.717, 1.165) is 28.5 Å². The van der Waals surface area contributed by atoms with Gasteiger partial charge in [-0.3, -0.25) is 0 Å². The highest BCUT2D eigenvalue weighted by atomic mass is 35.5. The average Bonchev–Trinajstić information content (AvgIpc) is 3.24. The van der Waals surface area contributed by atoms with Crippen molar-refractivity contribution in [2.75, 3.05) is 5.32 Å². The maximum absolute atomic E-state index is 6.30. The number of aromatic nitrogens is 5. The number of allylic oxidation sites excluding steroid dienone is 2. The first-order chi connectivity index (χ1) is 12.5. The molecule has 1 N–H and O–H groups in total. The fraction of sp³-hybridized carbons (Fsp3) is 0.278. The van der Waals surface area contributed by atoms with Crippen LogP contribution in [0.5, 0.6) is 0 Å². The zero-order valence-electron chi connectivity index (χ0n) is 14.6. The van der Waals surface area contributed by atoms with Crippen molar-refractivity contribution in [1.29, 1.82) is 0 Å². The lowest BCUT2D eigenvalue weighted by molar-refractivity contribution is 0.516. The summed E-state index contributed by atoms with van der Waals surface area (Å²) in [4.78, 5) is 4.54. The molecule has 1 aliphatic heterocycles. The minimum Gasteiger partial charge on any atom is -0.344 e. The van der Waals surface area contributed by atoms with Gasteiger partial charge in [0.25, 0.3) is 0 Å². The van der Waals surface area contributed by atoms with Crippen LogP contribution in [0.2, 0.25) is 10.0 Å². The largest absolute Gasteiger partial charge is 0.344 e. The fourth-order valence-corrected chi connectivity index (χ4v) is 3.61. The maximum atomic E-state index is 6.30. The molecule has 0 unspecified atom stereocenters. The molecule has 0 bridgehead atoms. The molecule has 1 aromatic carbocycles. The van der Waals surface area contributed by atoms with Crippen molar-refractivity contribution < 1.29 is 0 Å². The van der Waals surface area contributed by atoms with Crippen LogP contribution < -0.4 is 5.32 Å². The Morgan fingerprint density at radius 2 is 1.92 bits per heavy atom. The summed E-state index contributed by atoms with van der Waals surface area (Å²) in [6.07, 6.45) is 3.36. The van der Waals surface area contributed by atoms with E-state index in [9.17, 15) is 0 Å². The predicted molar refractivity (Wildman–Crippen MR) is 103 cm³/mol. The molecule has 0 aliphatic carbocycles. The number of benzene rings is 1. The Hall–Kier alpha value is -2.31. The van der Waals surface area contributed by atoms with E-state index in [-0.39, 0.29) is 12.1 Å². The third-order valence-corrected chi connectivity index (χ3v) is 5.21. The molecule has 6 nitrogen and oxygen atoms in total. The van der Waals surface area contributed by atoms with Gasteiger partial charge < -0.3 is 5.32 Å². The molecule has 8 heteroatoms. The second-order valence-corrected chi connectivity index (χ2v) is 7.34. The quantitative estimate of drug-likeness (QED) is 0.699. The Labute approximate surface area is 161 Å². The lowest BCUT2D eigenvalue weighted by Crippen LogP contribution is -2.25. The number of nitrogens with zero attached hydrogens (tertiary/aromatic N) is 5. The van der Waals surface area contributed by atoms with Gasteiger partial charge in [0.15, 0.2) is 5.82 Å². The Morgan fingerprint density at radius 1 is 1.12 bits per heavy atom. The first-order valence-corrected chi connectivity index (χ1v) is 9.09. The summed E-state index contributed by atoms with van der Waals surface area (Å²) in [5, 5.41) is 13.4. The molecule has 0 fully saturated rings. The minimum atomic E-state index is -0.183. The van der Waals surface area contributed by atoms with E-state index >= 15 is 0 Å². The van der Waals surface area contributed by atoms with Gasteiger partial charge in [-0.25, -0.2) is 14.3 Å². The van der Waals surface area contributed by atoms with E-state index in [4.69, 9.17) is 23.2 Å². The molecule has 0 amide bonds. The number of hydrogen-bond donors (Lipinski definition) is 1. The Bertz CT molecular complexity index is 1000. The molecule has 2 aromatic heterocycles. The highest BCUT2D eigenvalue weighted by Gasteiger charge is 2.32. The standard InChI is InChI=1S/C18H18Cl2N6/c1-10(2)25-18(21-9-23-25)16-11(3)24-15-6-7-22-26(15)17(16)12-4-5-13(19)14(20)8-12/h4-10,17,24H,1-3H3/t17-/m1/s1. The van der Waals surface area contributed by atoms with E-state index in [1.807, 2.05) is 40.6 Å². The number of anilines is 1. The lowest BCUT2D eigenvalue weighted by atomic mass is 9.94. The molecule has 0 spiro atoms. The highest BCUT2D eigenvalue weighted by Crippen LogP contribution is 2.41. The molecule has 0 saturated carbocycles. The molecule has 1 atom stereocenters. The first kappa shape index (κ1) is 17.1. The molecule has 3 aromatic rings. The molecule has 134 valence electrons. The van der Waals surface area contributed by atoms with E-state index < -0.39 is 0 Å². The van der Waals surface area contributed by atoms with Crippen molar-refractivity contribution >= 4 is 34.6 Å². The normalized spacial score (nSPS) is 16.8. The summed E-state index contributed by atoms with van der Waals surface area (Å²) < 4.78 is 3.85. The summed E-state index contributed by atoms with van der Waals surface area (Å²) >= 11 is 12.4. The molecule has 1 aliphatic rings. The first-order valence-electron chi connectivity index (χ1n) is 8.33. The molecule has 4 rings (SSSR count). The fourth-order valence-electron chi connectivity index (χ4n) is 3.31. The molecule has 26 heavy (non-hydrogen) atoms. The molecular weight excluding hydrogens is 371 g/mol. The van der Waals surface area contributed by atoms with Gasteiger partial charge in [0.1, 0.15) is 18.2 Å². The Kier molecular flexibility index (Phi) is 4.25. The maximum Gasteiger partial charge on any atom is 0.158 e. The number of hydrogen-bond acceptors (Lipinski definition) is 4. The van der Waals surface area contributed by atoms with Crippen LogP contribution in [0, 0.1) is 0 Å². The third kappa shape index (κ3) is 2.70. The number of fused-ring (bicyclic) bond motifs is 1. The monoisotopic (exact) mass is 388 g/mol. The van der Waals surface area contributed by atoms with Crippen LogP contribution in [0.15, 0.2) is 42.5 Å². The molecular formula is C18H18Cl2N6. The van der Waals surface area contributed by atoms with Crippen LogP contribution in [0.25, 0.3) is 5.57 Å². The van der Waals surface area contributed by atoms with Gasteiger partial charge in [-0.2, -0.15) is 10.2 Å². The van der Waals surface area contributed by atoms with Gasteiger partial charge >= 0.3 is 0 Å². The molecule has 0 saturated heterocycles. The zero-order chi connectivity index (χ0) is 18.4. The third-order valence-electron chi connectivity index (χ3n) is 4.47. The van der Waals surface area contributed by atoms with Crippen LogP contribution in [0.3, 0.4) is 0 Å². The summed E-state index contributed by atoms with van der Waals surface area (Å²) in [7, 11) is 0. The molecule has 0 radical (unpaired) electrons. The van der Waals surface area contributed by atoms with E-state index in [1.54, 1.807) is 12.5 Å². The van der Waals surface area contributed by atoms with Gasteiger partial charge in [-0.1, -0.05) is 29.3 Å². The highest BCUT2D eigenvalue weighted by molar-refractivity contribution is 6.42. The SMILES string of the molecule is CC1=C(c2ncnn2C(C)C)[C@@H](c2ccc(Cl)c(Cl)c2)n2nccc2N1. The van der Waals surface area contributed by atoms with E-state index in [0.29, 0.717) is 10.0 Å². The van der Waals surface area contributed by atoms with Crippen LogP contribution in [-0.2, 0) is 0 Å². The van der Waals surface area contributed by atoms with Crippen LogP contribution in [-0.4, -0.2) is 24.5 Å². The number of halogens is 2. The van der Waals surface area contributed by atoms with Crippen molar-refractivity contribution in [3.05, 3.63) is 63.9 Å². The van der Waals surface area contributed by atoms with E-state index in [2.05, 4.69) is 34.3 Å². The second kappa shape index (κ2) is 6.45. The van der Waals surface area contributed by atoms with Crippen LogP contribution >= 0.6 is 23.2 Å². The second-order valence-electron chi connectivity index (χ2n) is 6.52. The number of rotatable bonds is 3. The lowest BCUT2D eigenvalue weighted by Gasteiger charge is -2.30. The van der Waals surface area contributed by atoms with Gasteiger partial charge in [0, 0.05) is 23.4 Å². The van der Waals surface area contributed by atoms with Gasteiger partial charge in [-0.05, 0) is 38.5 Å². The number of nitrogens with one attached hydrogen (secondary N) is 1. The Balaban J connectivity index is 1.95. The average molecular weight is 389 g/mol. The summed E-state index contributed by atoms with van der Waals surface area (Å²) in [5.41, 5.74) is 2.99. The summed E-state index contributed by atoms with van der Waals surface area (Å²) in [6.45, 7) is 6.20. The van der Waals surface area contributed by atoms with Crippen molar-refractivity contribution in [1.82, 2.24) is 24.5 Å². The van der Waals surface area contributed by atoms with Gasteiger partial charge in [0.2, 0.25) is 0 Å². The van der Waals surface area contributed by atoms with E-state index in [1.165, 1.54) is 0 Å². The van der Waals surface area contributed by atoms with Crippen molar-refractivity contribution in [2.45, 2.75) is 32.9 Å². The van der Waals surface area contributed by atoms with Crippen molar-refractivity contribution in [3.8, 4) is 0 Å². The van der Waals surface area contributed by atoms with Crippen LogP contribution in [0.4, 0.5) is 5.82 Å². The molecule has 3 heterocycles. The predicted octanol–water partition coefficient (Wildman–Crippen LogP) is 4.81. The van der Waals surface area contributed by atoms with Gasteiger partial charge in [-0.15, -0.1) is 0 Å². The topological polar surface area (TPSA) is 60.6 Å². The Morgan fingerprint density at radius 3 is 2.65 bits per heavy atom. The smallest absolute Gasteiger partial charge is 0.158 e. The minimum absolute atomic E-state index is 0.182. The zero-order valence-corrected chi connectivity index (χ0v) is 16.1. The van der Waals surface area contributed by atoms with Crippen molar-refractivity contribution in [2.24, 2.45) is 0 Å². The summed E-state index contributed by atoms with van der Waals surface area (Å²) in [5.74, 6) is 1.72. The van der Waals surface area contributed by atoms with Gasteiger partial charge in [0.05, 0.1) is 16.2 Å².